The van der Waals surface area contributed by atoms with Crippen LogP contribution in [-0.4, -0.2) is 63.7 Å². The molecule has 1 aliphatic rings. The van der Waals surface area contributed by atoms with E-state index in [4.69, 9.17) is 24.1 Å². The second-order valence-corrected chi connectivity index (χ2v) is 8.32. The highest BCUT2D eigenvalue weighted by molar-refractivity contribution is 7.91. The van der Waals surface area contributed by atoms with Gasteiger partial charge in [-0.15, -0.1) is 0 Å². The van der Waals surface area contributed by atoms with Gasteiger partial charge in [-0.3, -0.25) is 0 Å². The molecule has 0 saturated carbocycles. The van der Waals surface area contributed by atoms with E-state index < -0.39 is 21.6 Å². The predicted molar refractivity (Wildman–Crippen MR) is 93.7 cm³/mol. The molecule has 146 valence electrons. The van der Waals surface area contributed by atoms with Crippen LogP contribution < -0.4 is 9.47 Å². The van der Waals surface area contributed by atoms with Crippen molar-refractivity contribution < 1.29 is 37.3 Å². The summed E-state index contributed by atoms with van der Waals surface area (Å²) in [5.74, 6) is 0.894. The van der Waals surface area contributed by atoms with Crippen LogP contribution in [0.1, 0.15) is 19.3 Å². The van der Waals surface area contributed by atoms with Gasteiger partial charge in [0, 0.05) is 12.8 Å². The number of hydrogen-bond acceptors (Lipinski definition) is 7. The van der Waals surface area contributed by atoms with E-state index in [1.165, 1.54) is 0 Å². The quantitative estimate of drug-likeness (QED) is 0.506. The Morgan fingerprint density at radius 2 is 1.81 bits per heavy atom. The van der Waals surface area contributed by atoms with E-state index >= 15 is 0 Å². The highest BCUT2D eigenvalue weighted by atomic mass is 32.2. The Labute approximate surface area is 152 Å². The summed E-state index contributed by atoms with van der Waals surface area (Å²) in [5, 5.41) is 8.92. The first-order valence-electron chi connectivity index (χ1n) is 8.31. The number of carboxylic acid groups (broad SMARTS) is 1. The van der Waals surface area contributed by atoms with Crippen LogP contribution in [0.2, 0.25) is 0 Å². The van der Waals surface area contributed by atoms with Crippen LogP contribution in [-0.2, 0) is 19.3 Å². The van der Waals surface area contributed by atoms with Gasteiger partial charge in [-0.1, -0.05) is 0 Å². The van der Waals surface area contributed by atoms with Gasteiger partial charge in [-0.25, -0.2) is 13.2 Å². The molecular formula is C17H24O8S. The van der Waals surface area contributed by atoms with Crippen molar-refractivity contribution in [2.75, 3.05) is 38.4 Å². The van der Waals surface area contributed by atoms with Crippen LogP contribution in [0.15, 0.2) is 24.3 Å². The van der Waals surface area contributed by atoms with Crippen molar-refractivity contribution in [3.63, 3.8) is 0 Å². The lowest BCUT2D eigenvalue weighted by atomic mass is 9.96. The Kier molecular flexibility index (Phi) is 7.10. The molecule has 2 rings (SSSR count). The standard InChI is InChI=1S/C17H24O8S/c1-22-14-3-5-15(6-4-14)24-9-2-12-26(20,21)13-17(25-16(18)19)7-10-23-11-8-17/h3-6H,2,7-13H2,1H3,(H,18,19). The molecule has 0 bridgehead atoms. The molecule has 1 saturated heterocycles. The number of benzene rings is 1. The maximum Gasteiger partial charge on any atom is 0.506 e. The molecule has 1 aromatic carbocycles. The van der Waals surface area contributed by atoms with Gasteiger partial charge in [0.25, 0.3) is 0 Å². The van der Waals surface area contributed by atoms with E-state index in [0.29, 0.717) is 17.9 Å². The summed E-state index contributed by atoms with van der Waals surface area (Å²) in [5.41, 5.74) is -1.22. The Morgan fingerprint density at radius 1 is 1.19 bits per heavy atom. The lowest BCUT2D eigenvalue weighted by Gasteiger charge is -2.35. The first-order valence-corrected chi connectivity index (χ1v) is 10.1. The largest absolute Gasteiger partial charge is 0.506 e. The van der Waals surface area contributed by atoms with Crippen LogP contribution in [0, 0.1) is 0 Å². The van der Waals surface area contributed by atoms with E-state index in [0.717, 1.165) is 0 Å². The van der Waals surface area contributed by atoms with Gasteiger partial charge in [-0.05, 0) is 30.7 Å². The van der Waals surface area contributed by atoms with Crippen molar-refractivity contribution in [1.29, 1.82) is 0 Å². The van der Waals surface area contributed by atoms with E-state index in [-0.39, 0.29) is 44.2 Å². The smallest absolute Gasteiger partial charge is 0.497 e. The number of methoxy groups -OCH3 is 1. The molecule has 8 nitrogen and oxygen atoms in total. The summed E-state index contributed by atoms with van der Waals surface area (Å²) in [6.07, 6.45) is -0.694. The predicted octanol–water partition coefficient (Wildman–Crippen LogP) is 2.12. The third-order valence-corrected chi connectivity index (χ3v) is 6.00. The number of rotatable bonds is 9. The molecule has 0 amide bonds. The van der Waals surface area contributed by atoms with Crippen LogP contribution in [0.3, 0.4) is 0 Å². The Hall–Kier alpha value is -2.00. The van der Waals surface area contributed by atoms with E-state index in [1.807, 2.05) is 0 Å². The summed E-state index contributed by atoms with van der Waals surface area (Å²) in [4.78, 5) is 10.9. The van der Waals surface area contributed by atoms with Crippen molar-refractivity contribution in [3.8, 4) is 11.5 Å². The Bertz CT molecular complexity index is 677. The number of ether oxygens (including phenoxy) is 4. The molecule has 0 aromatic heterocycles. The second kappa shape index (κ2) is 9.09. The SMILES string of the molecule is COc1ccc(OCCCS(=O)(=O)CC2(OC(=O)O)CCOCC2)cc1. The van der Waals surface area contributed by atoms with E-state index in [2.05, 4.69) is 0 Å². The summed E-state index contributed by atoms with van der Waals surface area (Å²) in [7, 11) is -1.92. The van der Waals surface area contributed by atoms with Crippen molar-refractivity contribution in [1.82, 2.24) is 0 Å². The van der Waals surface area contributed by atoms with Gasteiger partial charge in [0.05, 0.1) is 38.4 Å². The van der Waals surface area contributed by atoms with Crippen molar-refractivity contribution in [3.05, 3.63) is 24.3 Å². The summed E-state index contributed by atoms with van der Waals surface area (Å²) in [6.45, 7) is 0.800. The summed E-state index contributed by atoms with van der Waals surface area (Å²) >= 11 is 0. The normalized spacial score (nSPS) is 16.7. The molecule has 1 N–H and O–H groups in total. The topological polar surface area (TPSA) is 108 Å². The van der Waals surface area contributed by atoms with E-state index in [1.54, 1.807) is 31.4 Å². The Balaban J connectivity index is 1.83. The van der Waals surface area contributed by atoms with Crippen molar-refractivity contribution in [2.45, 2.75) is 24.9 Å². The monoisotopic (exact) mass is 388 g/mol. The molecular weight excluding hydrogens is 364 g/mol. The van der Waals surface area contributed by atoms with Gasteiger partial charge in [0.2, 0.25) is 0 Å². The molecule has 0 spiro atoms. The van der Waals surface area contributed by atoms with Crippen LogP contribution >= 0.6 is 0 Å². The third-order valence-electron chi connectivity index (χ3n) is 4.12. The van der Waals surface area contributed by atoms with Gasteiger partial charge in [0.15, 0.2) is 9.84 Å². The minimum Gasteiger partial charge on any atom is -0.497 e. The first-order chi connectivity index (χ1) is 12.3. The highest BCUT2D eigenvalue weighted by Gasteiger charge is 2.40. The molecule has 26 heavy (non-hydrogen) atoms. The second-order valence-electron chi connectivity index (χ2n) is 6.13. The molecule has 0 atom stereocenters. The zero-order chi connectivity index (χ0) is 19.0. The maximum absolute atomic E-state index is 12.4. The van der Waals surface area contributed by atoms with Gasteiger partial charge in [-0.2, -0.15) is 0 Å². The fourth-order valence-corrected chi connectivity index (χ4v) is 4.67. The minimum absolute atomic E-state index is 0.102. The average Bonchev–Trinajstić information content (AvgIpc) is 2.58. The Morgan fingerprint density at radius 3 is 2.38 bits per heavy atom. The fraction of sp³-hybridized carbons (Fsp3) is 0.588. The number of sulfone groups is 1. The molecule has 1 aliphatic heterocycles. The lowest BCUT2D eigenvalue weighted by molar-refractivity contribution is -0.0721. The number of carbonyl (C=O) groups is 1. The summed E-state index contributed by atoms with van der Waals surface area (Å²) in [6, 6.07) is 6.99. The molecule has 1 heterocycles. The molecule has 1 fully saturated rings. The van der Waals surface area contributed by atoms with E-state index in [9.17, 15) is 13.2 Å². The summed E-state index contributed by atoms with van der Waals surface area (Å²) < 4.78 is 45.5. The van der Waals surface area contributed by atoms with Crippen LogP contribution in [0.25, 0.3) is 0 Å². The number of hydrogen-bond donors (Lipinski definition) is 1. The van der Waals surface area contributed by atoms with Gasteiger partial charge in [0.1, 0.15) is 17.1 Å². The first kappa shape index (κ1) is 20.3. The van der Waals surface area contributed by atoms with Crippen LogP contribution in [0.4, 0.5) is 4.79 Å². The minimum atomic E-state index is -3.49. The highest BCUT2D eigenvalue weighted by Crippen LogP contribution is 2.28. The molecule has 9 heteroatoms. The zero-order valence-corrected chi connectivity index (χ0v) is 15.5. The van der Waals surface area contributed by atoms with Crippen molar-refractivity contribution >= 4 is 16.0 Å². The molecule has 1 aromatic rings. The van der Waals surface area contributed by atoms with Gasteiger partial charge >= 0.3 is 6.16 Å². The van der Waals surface area contributed by atoms with Crippen LogP contribution in [0.5, 0.6) is 11.5 Å². The van der Waals surface area contributed by atoms with Crippen molar-refractivity contribution in [2.24, 2.45) is 0 Å². The lowest BCUT2D eigenvalue weighted by Crippen LogP contribution is -2.46. The fourth-order valence-electron chi connectivity index (χ4n) is 2.82. The molecule has 0 unspecified atom stereocenters. The third kappa shape index (κ3) is 6.38. The molecule has 0 aliphatic carbocycles. The zero-order valence-electron chi connectivity index (χ0n) is 14.7. The average molecular weight is 388 g/mol. The molecule has 0 radical (unpaired) electrons. The maximum atomic E-state index is 12.4. The van der Waals surface area contributed by atoms with Gasteiger partial charge < -0.3 is 24.1 Å².